The van der Waals surface area contributed by atoms with E-state index in [4.69, 9.17) is 0 Å². The van der Waals surface area contributed by atoms with Crippen LogP contribution in [0.25, 0.3) is 22.4 Å². The van der Waals surface area contributed by atoms with E-state index in [0.717, 1.165) is 6.26 Å². The molecule has 3 rings (SSSR count). The van der Waals surface area contributed by atoms with E-state index in [1.807, 2.05) is 0 Å². The van der Waals surface area contributed by atoms with Crippen molar-refractivity contribution in [3.63, 3.8) is 0 Å². The summed E-state index contributed by atoms with van der Waals surface area (Å²) in [5.41, 5.74) is 1.56. The molecule has 3 N–H and O–H groups in total. The molecule has 0 radical (unpaired) electrons. The van der Waals surface area contributed by atoms with Crippen molar-refractivity contribution < 1.29 is 18.6 Å². The van der Waals surface area contributed by atoms with Gasteiger partial charge in [-0.1, -0.05) is 0 Å². The van der Waals surface area contributed by atoms with Crippen molar-refractivity contribution in [2.24, 2.45) is 0 Å². The summed E-state index contributed by atoms with van der Waals surface area (Å²) in [4.78, 5) is 7.47. The molecular formula is C14H12N2O4S. The number of nitrogens with one attached hydrogen (secondary N) is 1. The van der Waals surface area contributed by atoms with E-state index in [1.54, 1.807) is 6.07 Å². The van der Waals surface area contributed by atoms with Crippen molar-refractivity contribution >= 4 is 20.9 Å². The van der Waals surface area contributed by atoms with Gasteiger partial charge in [0.15, 0.2) is 9.84 Å². The summed E-state index contributed by atoms with van der Waals surface area (Å²) < 4.78 is 23.1. The van der Waals surface area contributed by atoms with Gasteiger partial charge in [-0.3, -0.25) is 0 Å². The van der Waals surface area contributed by atoms with E-state index in [2.05, 4.69) is 9.97 Å². The number of hydrogen-bond donors (Lipinski definition) is 3. The third kappa shape index (κ3) is 2.43. The third-order valence-corrected chi connectivity index (χ3v) is 4.23. The molecule has 0 amide bonds. The molecule has 0 saturated heterocycles. The second kappa shape index (κ2) is 4.49. The van der Waals surface area contributed by atoms with Crippen LogP contribution in [-0.2, 0) is 9.84 Å². The summed E-state index contributed by atoms with van der Waals surface area (Å²) >= 11 is 0. The number of fused-ring (bicyclic) bond motifs is 1. The first-order chi connectivity index (χ1) is 9.84. The monoisotopic (exact) mass is 304 g/mol. The molecule has 0 spiro atoms. The molecule has 1 heterocycles. The normalized spacial score (nSPS) is 11.9. The van der Waals surface area contributed by atoms with Crippen LogP contribution in [0.1, 0.15) is 0 Å². The van der Waals surface area contributed by atoms with Gasteiger partial charge in [-0.25, -0.2) is 13.4 Å². The summed E-state index contributed by atoms with van der Waals surface area (Å²) in [5, 5.41) is 19.1. The van der Waals surface area contributed by atoms with Crippen LogP contribution in [0.15, 0.2) is 41.3 Å². The van der Waals surface area contributed by atoms with Gasteiger partial charge in [0.2, 0.25) is 0 Å². The zero-order valence-corrected chi connectivity index (χ0v) is 11.8. The Balaban J connectivity index is 2.17. The summed E-state index contributed by atoms with van der Waals surface area (Å²) in [5.74, 6) is 0.234. The highest BCUT2D eigenvalue weighted by Gasteiger charge is 2.13. The van der Waals surface area contributed by atoms with Crippen LogP contribution < -0.4 is 0 Å². The molecule has 2 aromatic carbocycles. The number of aromatic hydroxyl groups is 2. The van der Waals surface area contributed by atoms with Crippen molar-refractivity contribution in [3.05, 3.63) is 36.4 Å². The number of nitrogens with zero attached hydrogens (tertiary/aromatic N) is 1. The Morgan fingerprint density at radius 1 is 1.10 bits per heavy atom. The maximum absolute atomic E-state index is 11.5. The SMILES string of the molecule is CS(=O)(=O)c1ccc2nc(-c3ccc(O)cc3O)[nH]c2c1. The number of aromatic amines is 1. The lowest BCUT2D eigenvalue weighted by Gasteiger charge is -2.01. The van der Waals surface area contributed by atoms with E-state index >= 15 is 0 Å². The Morgan fingerprint density at radius 3 is 2.52 bits per heavy atom. The van der Waals surface area contributed by atoms with Crippen LogP contribution in [0.2, 0.25) is 0 Å². The Bertz CT molecular complexity index is 945. The van der Waals surface area contributed by atoms with Crippen LogP contribution in [0, 0.1) is 0 Å². The number of imidazole rings is 1. The molecule has 0 aliphatic rings. The minimum Gasteiger partial charge on any atom is -0.508 e. The Morgan fingerprint density at radius 2 is 1.86 bits per heavy atom. The van der Waals surface area contributed by atoms with Gasteiger partial charge in [-0.15, -0.1) is 0 Å². The molecule has 108 valence electrons. The maximum Gasteiger partial charge on any atom is 0.175 e. The van der Waals surface area contributed by atoms with Gasteiger partial charge in [0.1, 0.15) is 17.3 Å². The topological polar surface area (TPSA) is 103 Å². The quantitative estimate of drug-likeness (QED) is 0.672. The van der Waals surface area contributed by atoms with Crippen LogP contribution in [0.5, 0.6) is 11.5 Å². The van der Waals surface area contributed by atoms with Gasteiger partial charge < -0.3 is 15.2 Å². The lowest BCUT2D eigenvalue weighted by Crippen LogP contribution is -1.96. The van der Waals surface area contributed by atoms with Gasteiger partial charge in [-0.2, -0.15) is 0 Å². The lowest BCUT2D eigenvalue weighted by molar-refractivity contribution is 0.451. The van der Waals surface area contributed by atoms with Gasteiger partial charge in [0.25, 0.3) is 0 Å². The molecule has 1 aromatic heterocycles. The lowest BCUT2D eigenvalue weighted by atomic mass is 10.2. The van der Waals surface area contributed by atoms with Gasteiger partial charge in [-0.05, 0) is 30.3 Å². The van der Waals surface area contributed by atoms with Crippen molar-refractivity contribution in [2.75, 3.05) is 6.26 Å². The number of benzene rings is 2. The van der Waals surface area contributed by atoms with Gasteiger partial charge in [0, 0.05) is 12.3 Å². The van der Waals surface area contributed by atoms with E-state index < -0.39 is 9.84 Å². The average molecular weight is 304 g/mol. The molecule has 0 atom stereocenters. The molecular weight excluding hydrogens is 292 g/mol. The predicted molar refractivity (Wildman–Crippen MR) is 78.0 cm³/mol. The predicted octanol–water partition coefficient (Wildman–Crippen LogP) is 2.04. The van der Waals surface area contributed by atoms with Crippen LogP contribution in [0.3, 0.4) is 0 Å². The molecule has 0 unspecified atom stereocenters. The number of sulfone groups is 1. The minimum absolute atomic E-state index is 0.0493. The number of phenols is 2. The van der Waals surface area contributed by atoms with E-state index in [1.165, 1.54) is 30.3 Å². The fourth-order valence-corrected chi connectivity index (χ4v) is 2.71. The summed E-state index contributed by atoms with van der Waals surface area (Å²) in [6.45, 7) is 0. The summed E-state index contributed by atoms with van der Waals surface area (Å²) in [7, 11) is -3.29. The molecule has 7 heteroatoms. The number of phenolic OH excluding ortho intramolecular Hbond substituents is 2. The van der Waals surface area contributed by atoms with E-state index in [0.29, 0.717) is 22.4 Å². The standard InChI is InChI=1S/C14H12N2O4S/c1-21(19,20)9-3-5-11-12(7-9)16-14(15-11)10-4-2-8(17)6-13(10)18/h2-7,17-18H,1H3,(H,15,16). The zero-order valence-electron chi connectivity index (χ0n) is 11.0. The van der Waals surface area contributed by atoms with E-state index in [9.17, 15) is 18.6 Å². The fraction of sp³-hybridized carbons (Fsp3) is 0.0714. The second-order valence-electron chi connectivity index (χ2n) is 4.74. The van der Waals surface area contributed by atoms with Crippen molar-refractivity contribution in [1.29, 1.82) is 0 Å². The number of rotatable bonds is 2. The number of hydrogen-bond acceptors (Lipinski definition) is 5. The highest BCUT2D eigenvalue weighted by atomic mass is 32.2. The van der Waals surface area contributed by atoms with Crippen LogP contribution in [-0.4, -0.2) is 34.9 Å². The molecule has 0 aliphatic carbocycles. The Kier molecular flexibility index (Phi) is 2.87. The van der Waals surface area contributed by atoms with Crippen LogP contribution >= 0.6 is 0 Å². The first-order valence-corrected chi connectivity index (χ1v) is 7.96. The zero-order chi connectivity index (χ0) is 15.2. The second-order valence-corrected chi connectivity index (χ2v) is 6.75. The number of aromatic nitrogens is 2. The number of H-pyrrole nitrogens is 1. The summed E-state index contributed by atoms with van der Waals surface area (Å²) in [6.07, 6.45) is 1.14. The summed E-state index contributed by atoms with van der Waals surface area (Å²) in [6, 6.07) is 8.76. The highest BCUT2D eigenvalue weighted by Crippen LogP contribution is 2.31. The molecule has 0 fully saturated rings. The minimum atomic E-state index is -3.29. The molecule has 6 nitrogen and oxygen atoms in total. The van der Waals surface area contributed by atoms with E-state index in [-0.39, 0.29) is 16.4 Å². The maximum atomic E-state index is 11.5. The molecule has 0 aliphatic heterocycles. The van der Waals surface area contributed by atoms with Crippen molar-refractivity contribution in [2.45, 2.75) is 4.90 Å². The van der Waals surface area contributed by atoms with Gasteiger partial charge >= 0.3 is 0 Å². The fourth-order valence-electron chi connectivity index (χ4n) is 2.07. The first-order valence-electron chi connectivity index (χ1n) is 6.07. The molecule has 3 aromatic rings. The molecule has 0 bridgehead atoms. The largest absolute Gasteiger partial charge is 0.508 e. The third-order valence-electron chi connectivity index (χ3n) is 3.12. The Labute approximate surface area is 120 Å². The van der Waals surface area contributed by atoms with Crippen LogP contribution in [0.4, 0.5) is 0 Å². The highest BCUT2D eigenvalue weighted by molar-refractivity contribution is 7.90. The first kappa shape index (κ1) is 13.4. The van der Waals surface area contributed by atoms with Crippen molar-refractivity contribution in [3.8, 4) is 22.9 Å². The van der Waals surface area contributed by atoms with Crippen molar-refractivity contribution in [1.82, 2.24) is 9.97 Å². The smallest absolute Gasteiger partial charge is 0.175 e. The van der Waals surface area contributed by atoms with Gasteiger partial charge in [0.05, 0.1) is 21.5 Å². The molecule has 21 heavy (non-hydrogen) atoms. The molecule has 0 saturated carbocycles. The Hall–Kier alpha value is -2.54. The average Bonchev–Trinajstić information content (AvgIpc) is 2.79.